The second kappa shape index (κ2) is 10.3. The number of hydrogen-bond donors (Lipinski definition) is 0. The molecule has 0 bridgehead atoms. The largest absolute Gasteiger partial charge is 0.379 e. The van der Waals surface area contributed by atoms with Gasteiger partial charge in [0.05, 0.1) is 37.6 Å². The zero-order valence-electron chi connectivity index (χ0n) is 20.6. The van der Waals surface area contributed by atoms with Gasteiger partial charge >= 0.3 is 0 Å². The van der Waals surface area contributed by atoms with Crippen LogP contribution in [0.3, 0.4) is 0 Å². The first-order chi connectivity index (χ1) is 16.6. The van der Waals surface area contributed by atoms with E-state index >= 15 is 0 Å². The van der Waals surface area contributed by atoms with Crippen LogP contribution in [0, 0.1) is 13.8 Å². The molecular weight excluding hydrogens is 445 g/mol. The van der Waals surface area contributed by atoms with Crippen LogP contribution in [0.1, 0.15) is 24.5 Å². The van der Waals surface area contributed by atoms with E-state index in [-0.39, 0.29) is 0 Å². The monoisotopic (exact) mass is 481 g/mol. The van der Waals surface area contributed by atoms with E-state index in [4.69, 9.17) is 19.3 Å². The third-order valence-electron chi connectivity index (χ3n) is 6.70. The van der Waals surface area contributed by atoms with Crippen molar-refractivity contribution in [3.8, 4) is 0 Å². The van der Waals surface area contributed by atoms with Crippen LogP contribution in [0.4, 0.5) is 5.69 Å². The fourth-order valence-corrected chi connectivity index (χ4v) is 9.28. The molecule has 0 spiro atoms. The van der Waals surface area contributed by atoms with Gasteiger partial charge in [-0.25, -0.2) is 14.1 Å². The van der Waals surface area contributed by atoms with E-state index < -0.39 is 7.36 Å². The lowest BCUT2D eigenvalue weighted by Gasteiger charge is -2.46. The van der Waals surface area contributed by atoms with Crippen molar-refractivity contribution in [2.24, 2.45) is 4.74 Å². The first kappa shape index (κ1) is 23.7. The van der Waals surface area contributed by atoms with Gasteiger partial charge in [-0.3, -0.25) is 4.68 Å². The van der Waals surface area contributed by atoms with Crippen molar-refractivity contribution in [3.05, 3.63) is 53.6 Å². The zero-order valence-corrected chi connectivity index (χ0v) is 21.5. The molecule has 8 heteroatoms. The normalized spacial score (nSPS) is 18.4. The molecule has 2 aliphatic heterocycles. The SMILES string of the molecule is CCCn1nc2ccccc2c1P(=Nc1ccc(C)cc1C)(N1CCOCC1)N1CCOCC1. The highest BCUT2D eigenvalue weighted by atomic mass is 31.2. The van der Waals surface area contributed by atoms with Crippen LogP contribution >= 0.6 is 7.36 Å². The third kappa shape index (κ3) is 4.36. The lowest BCUT2D eigenvalue weighted by molar-refractivity contribution is 0.0577. The minimum atomic E-state index is -2.40. The summed E-state index contributed by atoms with van der Waals surface area (Å²) >= 11 is 0. The predicted molar refractivity (Wildman–Crippen MR) is 139 cm³/mol. The number of nitrogens with zero attached hydrogens (tertiary/aromatic N) is 5. The van der Waals surface area contributed by atoms with Crippen molar-refractivity contribution in [1.82, 2.24) is 19.1 Å². The molecule has 0 atom stereocenters. The second-order valence-electron chi connectivity index (χ2n) is 9.15. The second-order valence-corrected chi connectivity index (χ2v) is 12.0. The molecule has 2 saturated heterocycles. The Morgan fingerprint density at radius 2 is 1.56 bits per heavy atom. The van der Waals surface area contributed by atoms with Crippen LogP contribution in [0.5, 0.6) is 0 Å². The van der Waals surface area contributed by atoms with Gasteiger partial charge < -0.3 is 9.47 Å². The molecule has 0 N–H and O–H groups in total. The molecule has 2 fully saturated rings. The first-order valence-electron chi connectivity index (χ1n) is 12.5. The van der Waals surface area contributed by atoms with Crippen LogP contribution < -0.4 is 5.44 Å². The number of hydrogen-bond acceptors (Lipinski definition) is 4. The summed E-state index contributed by atoms with van der Waals surface area (Å²) in [6.07, 6.45) is 1.02. The Labute approximate surface area is 202 Å². The van der Waals surface area contributed by atoms with Gasteiger partial charge in [0.25, 0.3) is 0 Å². The molecule has 7 nitrogen and oxygen atoms in total. The van der Waals surface area contributed by atoms with Crippen molar-refractivity contribution in [2.45, 2.75) is 33.7 Å². The van der Waals surface area contributed by atoms with Gasteiger partial charge in [-0.2, -0.15) is 5.10 Å². The van der Waals surface area contributed by atoms with Crippen LogP contribution in [0.25, 0.3) is 10.9 Å². The topological polar surface area (TPSA) is 55.1 Å². The van der Waals surface area contributed by atoms with E-state index in [0.717, 1.165) is 76.8 Å². The van der Waals surface area contributed by atoms with Crippen LogP contribution in [0.15, 0.2) is 47.2 Å². The molecule has 2 aromatic carbocycles. The maximum Gasteiger partial charge on any atom is 0.151 e. The summed E-state index contributed by atoms with van der Waals surface area (Å²) in [6, 6.07) is 15.2. The molecule has 0 saturated carbocycles. The number of fused-ring (bicyclic) bond motifs is 1. The fourth-order valence-electron chi connectivity index (χ4n) is 5.10. The van der Waals surface area contributed by atoms with Gasteiger partial charge in [-0.1, -0.05) is 42.8 Å². The van der Waals surface area contributed by atoms with E-state index in [0.29, 0.717) is 0 Å². The molecule has 0 amide bonds. The lowest BCUT2D eigenvalue weighted by Crippen LogP contribution is -2.47. The lowest BCUT2D eigenvalue weighted by atomic mass is 10.1. The van der Waals surface area contributed by atoms with Gasteiger partial charge in [0.1, 0.15) is 5.44 Å². The van der Waals surface area contributed by atoms with E-state index in [2.05, 4.69) is 77.3 Å². The highest BCUT2D eigenvalue weighted by molar-refractivity contribution is 7.69. The standard InChI is InChI=1S/C26H36N5O2P/c1-4-11-31-26(23-7-5-6-8-25(23)27-31)34(29-12-16-32-17-13-29,30-14-18-33-19-15-30)28-24-10-9-21(2)20-22(24)3/h5-10,20H,4,11-19H2,1-3H3. The summed E-state index contributed by atoms with van der Waals surface area (Å²) in [4.78, 5) is 0. The summed E-state index contributed by atoms with van der Waals surface area (Å²) in [5.41, 5.74) is 5.88. The summed E-state index contributed by atoms with van der Waals surface area (Å²) in [5.74, 6) is 0. The summed E-state index contributed by atoms with van der Waals surface area (Å²) in [7, 11) is -2.40. The molecule has 1 aromatic heterocycles. The Hall–Kier alpha value is -2.02. The molecule has 0 unspecified atom stereocenters. The summed E-state index contributed by atoms with van der Waals surface area (Å²) in [6.45, 7) is 13.8. The predicted octanol–water partition coefficient (Wildman–Crippen LogP) is 4.72. The molecule has 182 valence electrons. The maximum absolute atomic E-state index is 5.82. The van der Waals surface area contributed by atoms with Crippen molar-refractivity contribution >= 4 is 29.4 Å². The molecule has 3 heterocycles. The Kier molecular flexibility index (Phi) is 7.19. The molecular formula is C26H36N5O2P. The van der Waals surface area contributed by atoms with Crippen LogP contribution in [0.2, 0.25) is 0 Å². The summed E-state index contributed by atoms with van der Waals surface area (Å²) in [5, 5.41) is 6.32. The van der Waals surface area contributed by atoms with Gasteiger partial charge in [0.2, 0.25) is 0 Å². The minimum Gasteiger partial charge on any atom is -0.379 e. The van der Waals surface area contributed by atoms with Gasteiger partial charge in [-0.05, 0) is 38.0 Å². The number of ether oxygens (including phenoxy) is 2. The molecule has 3 aromatic rings. The first-order valence-corrected chi connectivity index (χ1v) is 14.1. The van der Waals surface area contributed by atoms with Crippen molar-refractivity contribution in [3.63, 3.8) is 0 Å². The molecule has 0 aliphatic carbocycles. The number of aromatic nitrogens is 2. The van der Waals surface area contributed by atoms with E-state index in [1.807, 2.05) is 0 Å². The van der Waals surface area contributed by atoms with Crippen LogP contribution in [-0.2, 0) is 16.0 Å². The Bertz CT molecular complexity index is 1170. The number of aryl methyl sites for hydroxylation is 3. The average Bonchev–Trinajstić information content (AvgIpc) is 3.23. The molecule has 2 aliphatic rings. The Balaban J connectivity index is 1.87. The maximum atomic E-state index is 5.82. The van der Waals surface area contributed by atoms with E-state index in [1.54, 1.807) is 0 Å². The highest BCUT2D eigenvalue weighted by Gasteiger charge is 2.42. The fraction of sp³-hybridized carbons (Fsp3) is 0.500. The molecule has 5 rings (SSSR count). The van der Waals surface area contributed by atoms with Crippen LogP contribution in [-0.4, -0.2) is 71.7 Å². The van der Waals surface area contributed by atoms with Gasteiger partial charge in [0, 0.05) is 38.1 Å². The van der Waals surface area contributed by atoms with Crippen molar-refractivity contribution in [1.29, 1.82) is 0 Å². The van der Waals surface area contributed by atoms with Crippen molar-refractivity contribution in [2.75, 3.05) is 52.6 Å². The third-order valence-corrected chi connectivity index (χ3v) is 10.6. The molecule has 34 heavy (non-hydrogen) atoms. The van der Waals surface area contributed by atoms with Crippen molar-refractivity contribution < 1.29 is 9.47 Å². The number of rotatable bonds is 6. The van der Waals surface area contributed by atoms with Gasteiger partial charge in [0.15, 0.2) is 7.36 Å². The quantitative estimate of drug-likeness (QED) is 0.477. The van der Waals surface area contributed by atoms with Gasteiger partial charge in [-0.15, -0.1) is 0 Å². The smallest absolute Gasteiger partial charge is 0.151 e. The Morgan fingerprint density at radius 3 is 2.18 bits per heavy atom. The average molecular weight is 482 g/mol. The zero-order chi connectivity index (χ0) is 23.5. The Morgan fingerprint density at radius 1 is 0.912 bits per heavy atom. The highest BCUT2D eigenvalue weighted by Crippen LogP contribution is 2.59. The number of benzene rings is 2. The van der Waals surface area contributed by atoms with E-state index in [9.17, 15) is 0 Å². The number of morpholine rings is 2. The minimum absolute atomic E-state index is 0.730. The van der Waals surface area contributed by atoms with E-state index in [1.165, 1.54) is 21.9 Å². The summed E-state index contributed by atoms with van der Waals surface area (Å²) < 4.78 is 25.0. The molecule has 0 radical (unpaired) electrons.